The summed E-state index contributed by atoms with van der Waals surface area (Å²) >= 11 is 3.02. The predicted octanol–water partition coefficient (Wildman–Crippen LogP) is 3.81. The Balaban J connectivity index is 1.70. The molecule has 2 aromatic heterocycles. The summed E-state index contributed by atoms with van der Waals surface area (Å²) in [7, 11) is 0. The molecule has 0 saturated carbocycles. The number of aromatic nitrogens is 2. The molecular formula is C13H10FN3OS2. The molecule has 102 valence electrons. The minimum absolute atomic E-state index is 0.342. The molecule has 0 aliphatic rings. The zero-order valence-electron chi connectivity index (χ0n) is 10.2. The molecule has 0 amide bonds. The largest absolute Gasteiger partial charge is 0.398 e. The third kappa shape index (κ3) is 2.83. The quantitative estimate of drug-likeness (QED) is 0.586. The number of rotatable bonds is 4. The summed E-state index contributed by atoms with van der Waals surface area (Å²) in [6.45, 7) is 0. The van der Waals surface area contributed by atoms with Gasteiger partial charge in [-0.15, -0.1) is 11.8 Å². The normalized spacial score (nSPS) is 10.8. The number of nitrogen functional groups attached to an aromatic ring is 1. The fraction of sp³-hybridized carbons (Fsp3) is 0.0769. The number of nitrogens with zero attached hydrogens (tertiary/aromatic N) is 2. The van der Waals surface area contributed by atoms with Crippen molar-refractivity contribution in [1.82, 2.24) is 10.1 Å². The Morgan fingerprint density at radius 1 is 1.35 bits per heavy atom. The van der Waals surface area contributed by atoms with Crippen LogP contribution in [0.25, 0.3) is 11.5 Å². The van der Waals surface area contributed by atoms with Gasteiger partial charge in [0.2, 0.25) is 0 Å². The summed E-state index contributed by atoms with van der Waals surface area (Å²) in [6, 6.07) is 6.25. The van der Waals surface area contributed by atoms with Gasteiger partial charge in [-0.3, -0.25) is 0 Å². The number of benzene rings is 1. The van der Waals surface area contributed by atoms with E-state index >= 15 is 0 Å². The molecule has 0 saturated heterocycles. The lowest BCUT2D eigenvalue weighted by atomic mass is 10.3. The Kier molecular flexibility index (Phi) is 3.70. The van der Waals surface area contributed by atoms with E-state index in [0.29, 0.717) is 23.2 Å². The van der Waals surface area contributed by atoms with Crippen LogP contribution >= 0.6 is 23.1 Å². The first kappa shape index (κ1) is 13.1. The molecule has 2 N–H and O–H groups in total. The first-order valence-corrected chi connectivity index (χ1v) is 7.68. The lowest BCUT2D eigenvalue weighted by Gasteiger charge is -2.02. The van der Waals surface area contributed by atoms with Crippen molar-refractivity contribution in [3.63, 3.8) is 0 Å². The van der Waals surface area contributed by atoms with Gasteiger partial charge in [-0.1, -0.05) is 5.16 Å². The number of hydrogen-bond donors (Lipinski definition) is 1. The molecule has 0 aliphatic heterocycles. The minimum atomic E-state index is -0.342. The van der Waals surface area contributed by atoms with E-state index in [-0.39, 0.29) is 5.82 Å². The van der Waals surface area contributed by atoms with E-state index in [4.69, 9.17) is 10.3 Å². The molecule has 20 heavy (non-hydrogen) atoms. The van der Waals surface area contributed by atoms with Gasteiger partial charge in [-0.25, -0.2) is 4.39 Å². The molecule has 0 aliphatic carbocycles. The van der Waals surface area contributed by atoms with Crippen LogP contribution in [0.15, 0.2) is 44.4 Å². The van der Waals surface area contributed by atoms with Gasteiger partial charge in [0.05, 0.1) is 11.3 Å². The highest BCUT2D eigenvalue weighted by Gasteiger charge is 2.10. The van der Waals surface area contributed by atoms with Crippen molar-refractivity contribution in [2.24, 2.45) is 0 Å². The van der Waals surface area contributed by atoms with E-state index in [1.165, 1.54) is 23.9 Å². The first-order valence-electron chi connectivity index (χ1n) is 5.75. The predicted molar refractivity (Wildman–Crippen MR) is 78.0 cm³/mol. The van der Waals surface area contributed by atoms with E-state index in [0.717, 1.165) is 10.5 Å². The fourth-order valence-electron chi connectivity index (χ4n) is 1.61. The van der Waals surface area contributed by atoms with Gasteiger partial charge in [0.15, 0.2) is 5.82 Å². The van der Waals surface area contributed by atoms with Gasteiger partial charge in [-0.2, -0.15) is 16.3 Å². The summed E-state index contributed by atoms with van der Waals surface area (Å²) in [5.41, 5.74) is 7.07. The van der Waals surface area contributed by atoms with Gasteiger partial charge in [-0.05, 0) is 29.6 Å². The Bertz CT molecular complexity index is 712. The van der Waals surface area contributed by atoms with Crippen molar-refractivity contribution in [3.05, 3.63) is 46.7 Å². The second-order valence-electron chi connectivity index (χ2n) is 4.00. The average Bonchev–Trinajstić information content (AvgIpc) is 3.08. The molecule has 2 heterocycles. The Morgan fingerprint density at radius 2 is 2.25 bits per heavy atom. The number of hydrogen-bond acceptors (Lipinski definition) is 6. The van der Waals surface area contributed by atoms with Gasteiger partial charge in [0.1, 0.15) is 5.82 Å². The van der Waals surface area contributed by atoms with E-state index in [2.05, 4.69) is 10.1 Å². The van der Waals surface area contributed by atoms with Crippen LogP contribution in [0.2, 0.25) is 0 Å². The third-order valence-corrected chi connectivity index (χ3v) is 4.33. The average molecular weight is 307 g/mol. The van der Waals surface area contributed by atoms with Gasteiger partial charge in [0, 0.05) is 16.0 Å². The van der Waals surface area contributed by atoms with Crippen molar-refractivity contribution in [1.29, 1.82) is 0 Å². The van der Waals surface area contributed by atoms with Crippen LogP contribution in [0.4, 0.5) is 10.1 Å². The molecule has 0 spiro atoms. The summed E-state index contributed by atoms with van der Waals surface area (Å²) < 4.78 is 18.1. The molecular weight excluding hydrogens is 297 g/mol. The summed E-state index contributed by atoms with van der Waals surface area (Å²) in [4.78, 5) is 5.11. The smallest absolute Gasteiger partial charge is 0.258 e. The van der Waals surface area contributed by atoms with Crippen LogP contribution in [0, 0.1) is 5.82 Å². The molecule has 0 radical (unpaired) electrons. The van der Waals surface area contributed by atoms with E-state index in [1.807, 2.05) is 16.8 Å². The Hall–Kier alpha value is -1.86. The van der Waals surface area contributed by atoms with Gasteiger partial charge >= 0.3 is 0 Å². The summed E-state index contributed by atoms with van der Waals surface area (Å²) in [6.07, 6.45) is 0. The molecule has 0 bridgehead atoms. The fourth-order valence-corrected chi connectivity index (χ4v) is 3.03. The minimum Gasteiger partial charge on any atom is -0.398 e. The van der Waals surface area contributed by atoms with Crippen LogP contribution in [0.1, 0.15) is 5.82 Å². The van der Waals surface area contributed by atoms with Crippen LogP contribution < -0.4 is 5.73 Å². The molecule has 1 aromatic carbocycles. The lowest BCUT2D eigenvalue weighted by Crippen LogP contribution is -1.91. The zero-order valence-corrected chi connectivity index (χ0v) is 11.9. The number of thioether (sulfide) groups is 1. The van der Waals surface area contributed by atoms with Crippen LogP contribution in [0.3, 0.4) is 0 Å². The topological polar surface area (TPSA) is 64.9 Å². The maximum atomic E-state index is 12.9. The van der Waals surface area contributed by atoms with Crippen molar-refractivity contribution >= 4 is 28.8 Å². The highest BCUT2D eigenvalue weighted by atomic mass is 32.2. The monoisotopic (exact) mass is 307 g/mol. The second kappa shape index (κ2) is 5.64. The third-order valence-electron chi connectivity index (χ3n) is 2.56. The van der Waals surface area contributed by atoms with Crippen molar-refractivity contribution in [2.45, 2.75) is 10.6 Å². The molecule has 0 unspecified atom stereocenters. The molecule has 0 fully saturated rings. The molecule has 3 aromatic rings. The highest BCUT2D eigenvalue weighted by molar-refractivity contribution is 7.98. The molecule has 0 atom stereocenters. The SMILES string of the molecule is Nc1cc(F)ccc1SCc1noc(-c2ccsc2)n1. The summed E-state index contributed by atoms with van der Waals surface area (Å²) in [5.74, 6) is 1.27. The zero-order chi connectivity index (χ0) is 13.9. The first-order chi connectivity index (χ1) is 9.72. The molecule has 7 heteroatoms. The Morgan fingerprint density at radius 3 is 3.00 bits per heavy atom. The van der Waals surface area contributed by atoms with Crippen LogP contribution in [-0.2, 0) is 5.75 Å². The Labute approximate surface area is 122 Å². The second-order valence-corrected chi connectivity index (χ2v) is 5.80. The number of thiophene rings is 1. The highest BCUT2D eigenvalue weighted by Crippen LogP contribution is 2.28. The number of halogens is 1. The maximum absolute atomic E-state index is 12.9. The maximum Gasteiger partial charge on any atom is 0.258 e. The standard InChI is InChI=1S/C13H10FN3OS2/c14-9-1-2-11(10(15)5-9)20-7-12-16-13(18-17-12)8-3-4-19-6-8/h1-6H,7,15H2. The summed E-state index contributed by atoms with van der Waals surface area (Å²) in [5, 5.41) is 7.82. The van der Waals surface area contributed by atoms with Crippen molar-refractivity contribution in [3.8, 4) is 11.5 Å². The number of nitrogens with two attached hydrogens (primary N) is 1. The van der Waals surface area contributed by atoms with E-state index in [1.54, 1.807) is 17.4 Å². The van der Waals surface area contributed by atoms with Gasteiger partial charge < -0.3 is 10.3 Å². The van der Waals surface area contributed by atoms with Crippen molar-refractivity contribution < 1.29 is 8.91 Å². The number of anilines is 1. The van der Waals surface area contributed by atoms with Crippen LogP contribution in [0.5, 0.6) is 0 Å². The van der Waals surface area contributed by atoms with Gasteiger partial charge in [0.25, 0.3) is 5.89 Å². The van der Waals surface area contributed by atoms with Crippen molar-refractivity contribution in [2.75, 3.05) is 5.73 Å². The molecule has 4 nitrogen and oxygen atoms in total. The molecule has 3 rings (SSSR count). The van der Waals surface area contributed by atoms with E-state index in [9.17, 15) is 4.39 Å². The lowest BCUT2D eigenvalue weighted by molar-refractivity contribution is 0.425. The van der Waals surface area contributed by atoms with E-state index < -0.39 is 0 Å². The van der Waals surface area contributed by atoms with Crippen LogP contribution in [-0.4, -0.2) is 10.1 Å².